The molecule has 1 amide bonds. The number of rotatable bonds is 7. The minimum Gasteiger partial charge on any atom is -0.379 e. The van der Waals surface area contributed by atoms with E-state index in [1.165, 1.54) is 0 Å². The van der Waals surface area contributed by atoms with Crippen LogP contribution in [-0.2, 0) is 11.3 Å². The summed E-state index contributed by atoms with van der Waals surface area (Å²) in [7, 11) is 0. The molecule has 20 heavy (non-hydrogen) atoms. The first-order valence-corrected chi connectivity index (χ1v) is 7.16. The van der Waals surface area contributed by atoms with Crippen molar-refractivity contribution < 1.29 is 9.53 Å². The van der Waals surface area contributed by atoms with Crippen LogP contribution in [-0.4, -0.2) is 50.2 Å². The largest absolute Gasteiger partial charge is 0.379 e. The number of nitrogens with zero attached hydrogens (tertiary/aromatic N) is 1. The van der Waals surface area contributed by atoms with Crippen molar-refractivity contribution in [2.24, 2.45) is 5.73 Å². The van der Waals surface area contributed by atoms with Crippen LogP contribution in [0.25, 0.3) is 0 Å². The Bertz CT molecular complexity index is 431. The molecular weight excluding hydrogens is 254 g/mol. The highest BCUT2D eigenvalue weighted by molar-refractivity contribution is 5.94. The van der Waals surface area contributed by atoms with Crippen molar-refractivity contribution in [2.75, 3.05) is 39.4 Å². The number of carbonyl (C=O) groups excluding carboxylic acids is 1. The third-order valence-corrected chi connectivity index (χ3v) is 3.53. The standard InChI is InChI=1S/C15H23N3O2/c16-15(19)14-5-2-1-4-13(14)12-17-6-3-7-18-8-10-20-11-9-18/h1-2,4-5,17H,3,6-12H2,(H2,16,19). The van der Waals surface area contributed by atoms with Gasteiger partial charge in [-0.15, -0.1) is 0 Å². The Morgan fingerprint density at radius 2 is 2.05 bits per heavy atom. The first-order valence-electron chi connectivity index (χ1n) is 7.16. The maximum Gasteiger partial charge on any atom is 0.249 e. The lowest BCUT2D eigenvalue weighted by molar-refractivity contribution is 0.0374. The Hall–Kier alpha value is -1.43. The van der Waals surface area contributed by atoms with Gasteiger partial charge >= 0.3 is 0 Å². The van der Waals surface area contributed by atoms with Crippen LogP contribution in [0.2, 0.25) is 0 Å². The highest BCUT2D eigenvalue weighted by Gasteiger charge is 2.09. The Labute approximate surface area is 120 Å². The number of primary amides is 1. The van der Waals surface area contributed by atoms with Gasteiger partial charge in [-0.1, -0.05) is 18.2 Å². The van der Waals surface area contributed by atoms with E-state index in [0.29, 0.717) is 12.1 Å². The summed E-state index contributed by atoms with van der Waals surface area (Å²) in [5.41, 5.74) is 6.93. The second-order valence-corrected chi connectivity index (χ2v) is 5.01. The van der Waals surface area contributed by atoms with Crippen LogP contribution in [0.5, 0.6) is 0 Å². The van der Waals surface area contributed by atoms with Crippen molar-refractivity contribution in [3.05, 3.63) is 35.4 Å². The van der Waals surface area contributed by atoms with Crippen molar-refractivity contribution >= 4 is 5.91 Å². The molecule has 1 aromatic rings. The van der Waals surface area contributed by atoms with Gasteiger partial charge in [0, 0.05) is 25.2 Å². The first-order chi connectivity index (χ1) is 9.77. The fourth-order valence-electron chi connectivity index (χ4n) is 2.39. The Morgan fingerprint density at radius 1 is 1.30 bits per heavy atom. The van der Waals surface area contributed by atoms with Crippen LogP contribution >= 0.6 is 0 Å². The van der Waals surface area contributed by atoms with Crippen molar-refractivity contribution in [1.82, 2.24) is 10.2 Å². The fraction of sp³-hybridized carbons (Fsp3) is 0.533. The second-order valence-electron chi connectivity index (χ2n) is 5.01. The third kappa shape index (κ3) is 4.59. The molecule has 5 heteroatoms. The maximum absolute atomic E-state index is 11.3. The highest BCUT2D eigenvalue weighted by atomic mass is 16.5. The normalized spacial score (nSPS) is 16.2. The van der Waals surface area contributed by atoms with Crippen LogP contribution in [0.3, 0.4) is 0 Å². The number of morpholine rings is 1. The zero-order valence-electron chi connectivity index (χ0n) is 11.8. The van der Waals surface area contributed by atoms with E-state index in [2.05, 4.69) is 10.2 Å². The van der Waals surface area contributed by atoms with Gasteiger partial charge < -0.3 is 15.8 Å². The molecule has 1 aromatic carbocycles. The molecule has 0 atom stereocenters. The maximum atomic E-state index is 11.3. The van der Waals surface area contributed by atoms with Crippen LogP contribution in [0, 0.1) is 0 Å². The van der Waals surface area contributed by atoms with E-state index < -0.39 is 0 Å². The van der Waals surface area contributed by atoms with Gasteiger partial charge in [-0.25, -0.2) is 0 Å². The summed E-state index contributed by atoms with van der Waals surface area (Å²) < 4.78 is 5.32. The monoisotopic (exact) mass is 277 g/mol. The molecule has 0 saturated carbocycles. The molecule has 1 aliphatic heterocycles. The molecule has 1 heterocycles. The molecule has 0 bridgehead atoms. The molecule has 0 aromatic heterocycles. The zero-order valence-corrected chi connectivity index (χ0v) is 11.8. The molecule has 0 unspecified atom stereocenters. The number of hydrogen-bond donors (Lipinski definition) is 2. The number of carbonyl (C=O) groups is 1. The lowest BCUT2D eigenvalue weighted by atomic mass is 10.1. The highest BCUT2D eigenvalue weighted by Crippen LogP contribution is 2.07. The van der Waals surface area contributed by atoms with Gasteiger partial charge in [0.2, 0.25) is 5.91 Å². The summed E-state index contributed by atoms with van der Waals surface area (Å²) in [6.45, 7) is 6.47. The van der Waals surface area contributed by atoms with E-state index in [9.17, 15) is 4.79 Å². The summed E-state index contributed by atoms with van der Waals surface area (Å²) in [5, 5.41) is 3.37. The smallest absolute Gasteiger partial charge is 0.249 e. The number of amides is 1. The van der Waals surface area contributed by atoms with E-state index in [1.807, 2.05) is 18.2 Å². The molecule has 5 nitrogen and oxygen atoms in total. The first kappa shape index (κ1) is 15.0. The molecule has 1 saturated heterocycles. The summed E-state index contributed by atoms with van der Waals surface area (Å²) >= 11 is 0. The van der Waals surface area contributed by atoms with Crippen LogP contribution in [0.4, 0.5) is 0 Å². The molecule has 0 aliphatic carbocycles. The van der Waals surface area contributed by atoms with Gasteiger partial charge in [0.25, 0.3) is 0 Å². The van der Waals surface area contributed by atoms with Crippen LogP contribution < -0.4 is 11.1 Å². The van der Waals surface area contributed by atoms with Gasteiger partial charge in [0.15, 0.2) is 0 Å². The van der Waals surface area contributed by atoms with E-state index >= 15 is 0 Å². The minimum absolute atomic E-state index is 0.365. The fourth-order valence-corrected chi connectivity index (χ4v) is 2.39. The van der Waals surface area contributed by atoms with Crippen molar-refractivity contribution in [3.8, 4) is 0 Å². The van der Waals surface area contributed by atoms with Gasteiger partial charge in [0.1, 0.15) is 0 Å². The van der Waals surface area contributed by atoms with E-state index in [4.69, 9.17) is 10.5 Å². The number of nitrogens with two attached hydrogens (primary N) is 1. The number of ether oxygens (including phenoxy) is 1. The van der Waals surface area contributed by atoms with E-state index in [-0.39, 0.29) is 5.91 Å². The van der Waals surface area contributed by atoms with Gasteiger partial charge in [-0.05, 0) is 31.1 Å². The molecule has 3 N–H and O–H groups in total. The Morgan fingerprint density at radius 3 is 2.80 bits per heavy atom. The lowest BCUT2D eigenvalue weighted by Gasteiger charge is -2.26. The quantitative estimate of drug-likeness (QED) is 0.716. The van der Waals surface area contributed by atoms with Gasteiger partial charge in [0.05, 0.1) is 13.2 Å². The summed E-state index contributed by atoms with van der Waals surface area (Å²) in [4.78, 5) is 13.7. The van der Waals surface area contributed by atoms with Gasteiger partial charge in [-0.3, -0.25) is 9.69 Å². The predicted octanol–water partition coefficient (Wildman–Crippen LogP) is 0.597. The molecule has 0 radical (unpaired) electrons. The predicted molar refractivity (Wildman–Crippen MR) is 78.5 cm³/mol. The molecule has 2 rings (SSSR count). The number of benzene rings is 1. The lowest BCUT2D eigenvalue weighted by Crippen LogP contribution is -2.37. The average molecular weight is 277 g/mol. The van der Waals surface area contributed by atoms with Crippen molar-refractivity contribution in [1.29, 1.82) is 0 Å². The van der Waals surface area contributed by atoms with Gasteiger partial charge in [-0.2, -0.15) is 0 Å². The number of hydrogen-bond acceptors (Lipinski definition) is 4. The minimum atomic E-state index is -0.365. The van der Waals surface area contributed by atoms with Crippen molar-refractivity contribution in [3.63, 3.8) is 0 Å². The molecule has 1 fully saturated rings. The zero-order chi connectivity index (χ0) is 14.2. The molecule has 1 aliphatic rings. The average Bonchev–Trinajstić information content (AvgIpc) is 2.48. The van der Waals surface area contributed by atoms with Crippen molar-refractivity contribution in [2.45, 2.75) is 13.0 Å². The molecular formula is C15H23N3O2. The molecule has 110 valence electrons. The summed E-state index contributed by atoms with van der Waals surface area (Å²) in [6, 6.07) is 7.47. The van der Waals surface area contributed by atoms with Crippen LogP contribution in [0.15, 0.2) is 24.3 Å². The summed E-state index contributed by atoms with van der Waals surface area (Å²) in [6.07, 6.45) is 1.10. The van der Waals surface area contributed by atoms with E-state index in [1.54, 1.807) is 6.07 Å². The number of nitrogens with one attached hydrogen (secondary N) is 1. The summed E-state index contributed by atoms with van der Waals surface area (Å²) in [5.74, 6) is -0.365. The topological polar surface area (TPSA) is 67.6 Å². The molecule has 0 spiro atoms. The Balaban J connectivity index is 1.67. The van der Waals surface area contributed by atoms with E-state index in [0.717, 1.165) is 51.4 Å². The second kappa shape index (κ2) is 7.99. The third-order valence-electron chi connectivity index (χ3n) is 3.53. The SMILES string of the molecule is NC(=O)c1ccccc1CNCCCN1CCOCC1. The Kier molecular flexibility index (Phi) is 5.98. The van der Waals surface area contributed by atoms with Crippen LogP contribution in [0.1, 0.15) is 22.3 Å².